The molecule has 1 spiro atoms. The summed E-state index contributed by atoms with van der Waals surface area (Å²) in [6, 6.07) is 0.407. The van der Waals surface area contributed by atoms with Gasteiger partial charge >= 0.3 is 6.03 Å². The van der Waals surface area contributed by atoms with Gasteiger partial charge in [0, 0.05) is 14.1 Å². The topological polar surface area (TPSA) is 47.9 Å². The highest BCUT2D eigenvalue weighted by molar-refractivity contribution is 6.09. The summed E-state index contributed by atoms with van der Waals surface area (Å²) in [5, 5.41) is 6.87. The first-order chi connectivity index (χ1) is 9.63. The molecule has 112 valence electrons. The molecule has 1 heterocycles. The minimum atomic E-state index is -0.183. The molecule has 1 N–H and O–H groups in total. The van der Waals surface area contributed by atoms with E-state index in [1.807, 2.05) is 24.1 Å². The average molecular weight is 278 g/mol. The van der Waals surface area contributed by atoms with Gasteiger partial charge < -0.3 is 0 Å². The predicted molar refractivity (Wildman–Crippen MR) is 79.6 cm³/mol. The average Bonchev–Trinajstić information content (AvgIpc) is 2.98. The molecule has 0 aromatic heterocycles. The number of nitrogens with one attached hydrogen (secondary N) is 1. The lowest BCUT2D eigenvalue weighted by Crippen LogP contribution is -2.53. The van der Waals surface area contributed by atoms with Gasteiger partial charge in [-0.3, -0.25) is 10.3 Å². The van der Waals surface area contributed by atoms with Crippen LogP contribution in [0.4, 0.5) is 4.79 Å². The van der Waals surface area contributed by atoms with Crippen LogP contribution in [-0.4, -0.2) is 47.6 Å². The minimum absolute atomic E-state index is 0.00791. The van der Waals surface area contributed by atoms with Gasteiger partial charge in [-0.05, 0) is 25.7 Å². The van der Waals surface area contributed by atoms with Crippen molar-refractivity contribution in [2.45, 2.75) is 69.4 Å². The second kappa shape index (κ2) is 5.35. The molecule has 3 rings (SSSR count). The van der Waals surface area contributed by atoms with Crippen LogP contribution in [-0.2, 0) is 0 Å². The molecule has 1 aliphatic heterocycles. The maximum absolute atomic E-state index is 12.3. The number of hydrazine groups is 1. The molecular weight excluding hydrogens is 252 g/mol. The molecule has 0 unspecified atom stereocenters. The third-order valence-corrected chi connectivity index (χ3v) is 4.98. The van der Waals surface area contributed by atoms with E-state index in [1.165, 1.54) is 44.9 Å². The summed E-state index contributed by atoms with van der Waals surface area (Å²) in [6.07, 6.45) is 10.7. The quantitative estimate of drug-likeness (QED) is 0.844. The number of rotatable bonds is 2. The standard InChI is InChI=1S/C15H26N4O/c1-18(2)19-14(20)17-13(15(19)10-6-7-11-15)16-12-8-4-3-5-9-12/h12H,3-11H2,1-2H3,(H,16,17,20). The summed E-state index contributed by atoms with van der Waals surface area (Å²) in [7, 11) is 3.90. The molecule has 0 atom stereocenters. The van der Waals surface area contributed by atoms with E-state index in [0.29, 0.717) is 6.04 Å². The van der Waals surface area contributed by atoms with Crippen LogP contribution >= 0.6 is 0 Å². The molecule has 2 amide bonds. The summed E-state index contributed by atoms with van der Waals surface area (Å²) < 4.78 is 0. The molecule has 0 bridgehead atoms. The van der Waals surface area contributed by atoms with E-state index < -0.39 is 0 Å². The lowest BCUT2D eigenvalue weighted by molar-refractivity contribution is 0.0154. The molecule has 20 heavy (non-hydrogen) atoms. The maximum atomic E-state index is 12.3. The summed E-state index contributed by atoms with van der Waals surface area (Å²) in [4.78, 5) is 17.3. The summed E-state index contributed by atoms with van der Waals surface area (Å²) in [5.74, 6) is 0.945. The van der Waals surface area contributed by atoms with Gasteiger partial charge in [-0.1, -0.05) is 32.1 Å². The van der Waals surface area contributed by atoms with Crippen molar-refractivity contribution in [1.82, 2.24) is 15.3 Å². The monoisotopic (exact) mass is 278 g/mol. The zero-order valence-corrected chi connectivity index (χ0v) is 12.7. The third-order valence-electron chi connectivity index (χ3n) is 4.98. The van der Waals surface area contributed by atoms with E-state index in [1.54, 1.807) is 0 Å². The van der Waals surface area contributed by atoms with E-state index >= 15 is 0 Å². The van der Waals surface area contributed by atoms with Crippen LogP contribution in [0, 0.1) is 0 Å². The number of nitrogens with zero attached hydrogens (tertiary/aromatic N) is 3. The Morgan fingerprint density at radius 2 is 1.80 bits per heavy atom. The van der Waals surface area contributed by atoms with E-state index in [0.717, 1.165) is 18.7 Å². The Morgan fingerprint density at radius 3 is 2.40 bits per heavy atom. The van der Waals surface area contributed by atoms with Gasteiger partial charge in [0.2, 0.25) is 0 Å². The van der Waals surface area contributed by atoms with Crippen molar-refractivity contribution in [3.05, 3.63) is 0 Å². The molecule has 1 saturated heterocycles. The van der Waals surface area contributed by atoms with Crippen LogP contribution in [0.25, 0.3) is 0 Å². The van der Waals surface area contributed by atoms with Crippen LogP contribution in [0.15, 0.2) is 4.99 Å². The number of amides is 2. The van der Waals surface area contributed by atoms with Crippen molar-refractivity contribution in [1.29, 1.82) is 0 Å². The molecule has 2 saturated carbocycles. The fourth-order valence-electron chi connectivity index (χ4n) is 4.08. The molecule has 0 radical (unpaired) electrons. The highest BCUT2D eigenvalue weighted by atomic mass is 16.2. The second-order valence-corrected chi connectivity index (χ2v) is 6.60. The summed E-state index contributed by atoms with van der Waals surface area (Å²) in [6.45, 7) is 0. The van der Waals surface area contributed by atoms with Gasteiger partial charge in [-0.15, -0.1) is 0 Å². The Balaban J connectivity index is 1.89. The first-order valence-corrected chi connectivity index (χ1v) is 8.00. The zero-order valence-electron chi connectivity index (χ0n) is 12.7. The van der Waals surface area contributed by atoms with Crippen molar-refractivity contribution in [2.75, 3.05) is 14.1 Å². The summed E-state index contributed by atoms with van der Waals surface area (Å²) in [5.41, 5.74) is -0.183. The lowest BCUT2D eigenvalue weighted by Gasteiger charge is -2.37. The number of hydrogen-bond acceptors (Lipinski definition) is 3. The van der Waals surface area contributed by atoms with Crippen molar-refractivity contribution >= 4 is 11.9 Å². The van der Waals surface area contributed by atoms with Crippen LogP contribution in [0.1, 0.15) is 57.8 Å². The zero-order chi connectivity index (χ0) is 14.2. The Labute approximate surface area is 121 Å². The van der Waals surface area contributed by atoms with Crippen LogP contribution in [0.5, 0.6) is 0 Å². The van der Waals surface area contributed by atoms with Gasteiger partial charge in [-0.2, -0.15) is 0 Å². The van der Waals surface area contributed by atoms with Crippen LogP contribution in [0.2, 0.25) is 0 Å². The largest absolute Gasteiger partial charge is 0.338 e. The smallest absolute Gasteiger partial charge is 0.293 e. The highest BCUT2D eigenvalue weighted by Crippen LogP contribution is 2.40. The summed E-state index contributed by atoms with van der Waals surface area (Å²) >= 11 is 0. The molecule has 3 fully saturated rings. The van der Waals surface area contributed by atoms with Crippen LogP contribution in [0.3, 0.4) is 0 Å². The molecule has 0 aromatic rings. The highest BCUT2D eigenvalue weighted by Gasteiger charge is 2.53. The fourth-order valence-corrected chi connectivity index (χ4v) is 4.08. The van der Waals surface area contributed by atoms with Crippen molar-refractivity contribution < 1.29 is 4.79 Å². The Morgan fingerprint density at radius 1 is 1.15 bits per heavy atom. The first-order valence-electron chi connectivity index (χ1n) is 8.00. The van der Waals surface area contributed by atoms with Gasteiger partial charge in [0.05, 0.1) is 6.04 Å². The number of hydrogen-bond donors (Lipinski definition) is 1. The van der Waals surface area contributed by atoms with E-state index in [4.69, 9.17) is 4.99 Å². The number of aliphatic imine (C=N–C) groups is 1. The third kappa shape index (κ3) is 2.22. The molecule has 2 aliphatic carbocycles. The minimum Gasteiger partial charge on any atom is -0.293 e. The van der Waals surface area contributed by atoms with E-state index in [2.05, 4.69) is 5.32 Å². The number of urea groups is 1. The van der Waals surface area contributed by atoms with Gasteiger partial charge in [0.1, 0.15) is 11.4 Å². The number of amidine groups is 1. The van der Waals surface area contributed by atoms with Gasteiger partial charge in [0.25, 0.3) is 0 Å². The van der Waals surface area contributed by atoms with Crippen LogP contribution < -0.4 is 5.32 Å². The van der Waals surface area contributed by atoms with Gasteiger partial charge in [0.15, 0.2) is 0 Å². The first kappa shape index (κ1) is 13.9. The van der Waals surface area contributed by atoms with Crippen molar-refractivity contribution in [3.63, 3.8) is 0 Å². The van der Waals surface area contributed by atoms with Crippen molar-refractivity contribution in [2.24, 2.45) is 4.99 Å². The van der Waals surface area contributed by atoms with E-state index in [-0.39, 0.29) is 11.6 Å². The predicted octanol–water partition coefficient (Wildman–Crippen LogP) is 2.53. The maximum Gasteiger partial charge on any atom is 0.338 e. The Bertz CT molecular complexity index is 406. The molecular formula is C15H26N4O. The molecule has 5 heteroatoms. The number of carbonyl (C=O) groups excluding carboxylic acids is 1. The Kier molecular flexibility index (Phi) is 3.71. The molecule has 3 aliphatic rings. The molecule has 0 aromatic carbocycles. The number of carbonyl (C=O) groups is 1. The Hall–Kier alpha value is -1.10. The molecule has 5 nitrogen and oxygen atoms in total. The SMILES string of the molecule is CN(C)N1C(=O)NC(=NC2CCCCC2)C12CCCC2. The lowest BCUT2D eigenvalue weighted by atomic mass is 9.93. The van der Waals surface area contributed by atoms with Crippen molar-refractivity contribution in [3.8, 4) is 0 Å². The second-order valence-electron chi connectivity index (χ2n) is 6.60. The normalized spacial score (nSPS) is 28.9. The van der Waals surface area contributed by atoms with E-state index in [9.17, 15) is 4.79 Å². The van der Waals surface area contributed by atoms with Gasteiger partial charge in [-0.25, -0.2) is 14.8 Å². The fraction of sp³-hybridized carbons (Fsp3) is 0.867.